The number of H-pyrrole nitrogens is 1. The van der Waals surface area contributed by atoms with Crippen molar-refractivity contribution in [2.24, 2.45) is 0 Å². The normalized spacial score (nSPS) is 19.5. The second-order valence-corrected chi connectivity index (χ2v) is 4.68. The Labute approximate surface area is 110 Å². The summed E-state index contributed by atoms with van der Waals surface area (Å²) in [7, 11) is 0. The molecular formula is C12H18N4O3. The lowest BCUT2D eigenvalue weighted by molar-refractivity contribution is -0.137. The highest BCUT2D eigenvalue weighted by molar-refractivity contribution is 5.83. The van der Waals surface area contributed by atoms with Gasteiger partial charge in [0.1, 0.15) is 0 Å². The first-order valence-electron chi connectivity index (χ1n) is 6.36. The molecular weight excluding hydrogens is 248 g/mol. The largest absolute Gasteiger partial charge is 0.481 e. The molecule has 2 rings (SSSR count). The van der Waals surface area contributed by atoms with Crippen LogP contribution >= 0.6 is 0 Å². The zero-order valence-electron chi connectivity index (χ0n) is 10.8. The Morgan fingerprint density at radius 2 is 2.42 bits per heavy atom. The Bertz CT molecular complexity index is 471. The summed E-state index contributed by atoms with van der Waals surface area (Å²) in [6, 6.07) is -0.675. The van der Waals surface area contributed by atoms with Gasteiger partial charge in [-0.15, -0.1) is 0 Å². The molecule has 7 heteroatoms. The quantitative estimate of drug-likeness (QED) is 0.590. The molecule has 0 fully saturated rings. The molecule has 0 bridgehead atoms. The molecule has 2 atom stereocenters. The first kappa shape index (κ1) is 13.5. The molecule has 1 aromatic rings. The highest BCUT2D eigenvalue weighted by atomic mass is 16.4. The smallest absolute Gasteiger partial charge is 0.305 e. The number of rotatable bonds is 5. The number of aromatic nitrogens is 2. The number of carboxylic acid groups (broad SMARTS) is 1. The van der Waals surface area contributed by atoms with E-state index in [4.69, 9.17) is 5.11 Å². The van der Waals surface area contributed by atoms with Crippen LogP contribution in [0.4, 0.5) is 0 Å². The number of nitrogens with zero attached hydrogens (tertiary/aromatic N) is 1. The van der Waals surface area contributed by atoms with E-state index in [9.17, 15) is 9.59 Å². The molecule has 2 heterocycles. The minimum Gasteiger partial charge on any atom is -0.481 e. The molecule has 19 heavy (non-hydrogen) atoms. The van der Waals surface area contributed by atoms with Gasteiger partial charge in [-0.05, 0) is 6.42 Å². The van der Waals surface area contributed by atoms with Crippen LogP contribution in [0.25, 0.3) is 0 Å². The molecule has 0 saturated carbocycles. The van der Waals surface area contributed by atoms with Crippen molar-refractivity contribution in [1.82, 2.24) is 20.6 Å². The van der Waals surface area contributed by atoms with E-state index in [0.29, 0.717) is 19.4 Å². The number of carbonyl (C=O) groups excluding carboxylic acids is 1. The van der Waals surface area contributed by atoms with Gasteiger partial charge in [-0.25, -0.2) is 4.98 Å². The Kier molecular flexibility index (Phi) is 4.16. The van der Waals surface area contributed by atoms with Crippen molar-refractivity contribution in [3.63, 3.8) is 0 Å². The van der Waals surface area contributed by atoms with Crippen LogP contribution in [-0.2, 0) is 22.6 Å². The van der Waals surface area contributed by atoms with E-state index in [-0.39, 0.29) is 24.4 Å². The molecule has 0 spiro atoms. The van der Waals surface area contributed by atoms with Crippen LogP contribution in [0.5, 0.6) is 0 Å². The molecule has 1 aliphatic rings. The predicted molar refractivity (Wildman–Crippen MR) is 67.4 cm³/mol. The number of amides is 1. The predicted octanol–water partition coefficient (Wildman–Crippen LogP) is -0.206. The lowest BCUT2D eigenvalue weighted by Gasteiger charge is -2.24. The van der Waals surface area contributed by atoms with E-state index in [1.807, 2.05) is 6.92 Å². The number of hydrogen-bond acceptors (Lipinski definition) is 4. The minimum atomic E-state index is -0.904. The van der Waals surface area contributed by atoms with Gasteiger partial charge in [-0.2, -0.15) is 0 Å². The monoisotopic (exact) mass is 266 g/mol. The molecule has 0 saturated heterocycles. The summed E-state index contributed by atoms with van der Waals surface area (Å²) < 4.78 is 0. The van der Waals surface area contributed by atoms with Gasteiger partial charge in [0.2, 0.25) is 5.91 Å². The number of imidazole rings is 1. The van der Waals surface area contributed by atoms with Gasteiger partial charge in [-0.1, -0.05) is 6.92 Å². The highest BCUT2D eigenvalue weighted by Crippen LogP contribution is 2.12. The first-order chi connectivity index (χ1) is 9.10. The van der Waals surface area contributed by atoms with Crippen molar-refractivity contribution in [1.29, 1.82) is 0 Å². The lowest BCUT2D eigenvalue weighted by Crippen LogP contribution is -2.50. The van der Waals surface area contributed by atoms with Crippen molar-refractivity contribution in [3.8, 4) is 0 Å². The zero-order valence-corrected chi connectivity index (χ0v) is 10.8. The van der Waals surface area contributed by atoms with Crippen molar-refractivity contribution in [3.05, 3.63) is 17.7 Å². The molecule has 0 aromatic carbocycles. The molecule has 0 aliphatic carbocycles. The Balaban J connectivity index is 1.92. The van der Waals surface area contributed by atoms with Gasteiger partial charge in [0.15, 0.2) is 0 Å². The topological polar surface area (TPSA) is 107 Å². The lowest BCUT2D eigenvalue weighted by atomic mass is 10.0. The SMILES string of the molecule is CCC(CC(=O)O)NC(=O)C1Cc2nc[nH]c2CN1. The van der Waals surface area contributed by atoms with Crippen LogP contribution < -0.4 is 10.6 Å². The molecule has 2 unspecified atom stereocenters. The number of fused-ring (bicyclic) bond motifs is 1. The van der Waals surface area contributed by atoms with Gasteiger partial charge >= 0.3 is 5.97 Å². The third kappa shape index (κ3) is 3.31. The van der Waals surface area contributed by atoms with Gasteiger partial charge in [0, 0.05) is 19.0 Å². The average Bonchev–Trinajstić information content (AvgIpc) is 2.84. The van der Waals surface area contributed by atoms with Crippen LogP contribution in [-0.4, -0.2) is 39.0 Å². The van der Waals surface area contributed by atoms with E-state index in [1.54, 1.807) is 6.33 Å². The maximum absolute atomic E-state index is 12.1. The number of carboxylic acids is 1. The molecule has 0 radical (unpaired) electrons. The number of aromatic amines is 1. The molecule has 1 aliphatic heterocycles. The molecule has 4 N–H and O–H groups in total. The standard InChI is InChI=1S/C12H18N4O3/c1-2-7(3-11(17)18)16-12(19)9-4-8-10(5-13-9)15-6-14-8/h6-7,9,13H,2-5H2,1H3,(H,14,15)(H,16,19)(H,17,18). The first-order valence-corrected chi connectivity index (χ1v) is 6.36. The second kappa shape index (κ2) is 5.83. The van der Waals surface area contributed by atoms with Crippen LogP contribution in [0.2, 0.25) is 0 Å². The number of hydrogen-bond donors (Lipinski definition) is 4. The average molecular weight is 266 g/mol. The van der Waals surface area contributed by atoms with E-state index in [2.05, 4.69) is 20.6 Å². The molecule has 7 nitrogen and oxygen atoms in total. The van der Waals surface area contributed by atoms with Crippen molar-refractivity contribution in [2.75, 3.05) is 0 Å². The summed E-state index contributed by atoms with van der Waals surface area (Å²) in [5, 5.41) is 14.6. The van der Waals surface area contributed by atoms with Crippen LogP contribution in [0.1, 0.15) is 31.2 Å². The summed E-state index contributed by atoms with van der Waals surface area (Å²) in [6.45, 7) is 2.43. The van der Waals surface area contributed by atoms with Crippen LogP contribution in [0.15, 0.2) is 6.33 Å². The highest BCUT2D eigenvalue weighted by Gasteiger charge is 2.27. The molecule has 104 valence electrons. The van der Waals surface area contributed by atoms with E-state index in [0.717, 1.165) is 11.4 Å². The summed E-state index contributed by atoms with van der Waals surface area (Å²) in [4.78, 5) is 29.9. The zero-order chi connectivity index (χ0) is 13.8. The summed E-state index contributed by atoms with van der Waals surface area (Å²) in [5.74, 6) is -1.07. The molecule has 1 aromatic heterocycles. The summed E-state index contributed by atoms with van der Waals surface area (Å²) in [5.41, 5.74) is 1.90. The number of aliphatic carboxylic acids is 1. The van der Waals surface area contributed by atoms with E-state index >= 15 is 0 Å². The Hall–Kier alpha value is -1.89. The maximum Gasteiger partial charge on any atom is 0.305 e. The fraction of sp³-hybridized carbons (Fsp3) is 0.583. The Morgan fingerprint density at radius 3 is 3.11 bits per heavy atom. The van der Waals surface area contributed by atoms with Crippen molar-refractivity contribution < 1.29 is 14.7 Å². The summed E-state index contributed by atoms with van der Waals surface area (Å²) >= 11 is 0. The minimum absolute atomic E-state index is 0.0530. The molecule has 1 amide bonds. The Morgan fingerprint density at radius 1 is 1.63 bits per heavy atom. The third-order valence-electron chi connectivity index (χ3n) is 3.31. The van der Waals surface area contributed by atoms with E-state index in [1.165, 1.54) is 0 Å². The van der Waals surface area contributed by atoms with Gasteiger partial charge in [0.25, 0.3) is 0 Å². The van der Waals surface area contributed by atoms with Crippen molar-refractivity contribution in [2.45, 2.75) is 44.8 Å². The fourth-order valence-corrected chi connectivity index (χ4v) is 2.16. The summed E-state index contributed by atoms with van der Waals surface area (Å²) in [6.07, 6.45) is 2.68. The maximum atomic E-state index is 12.1. The van der Waals surface area contributed by atoms with Crippen molar-refractivity contribution >= 4 is 11.9 Å². The fourth-order valence-electron chi connectivity index (χ4n) is 2.16. The van der Waals surface area contributed by atoms with Crippen LogP contribution in [0, 0.1) is 0 Å². The van der Waals surface area contributed by atoms with Gasteiger partial charge in [0.05, 0.1) is 30.2 Å². The number of nitrogens with one attached hydrogen (secondary N) is 3. The number of carbonyl (C=O) groups is 2. The van der Waals surface area contributed by atoms with Gasteiger partial charge < -0.3 is 15.4 Å². The van der Waals surface area contributed by atoms with E-state index < -0.39 is 5.97 Å². The third-order valence-corrected chi connectivity index (χ3v) is 3.31. The second-order valence-electron chi connectivity index (χ2n) is 4.68. The van der Waals surface area contributed by atoms with Gasteiger partial charge in [-0.3, -0.25) is 14.9 Å². The van der Waals surface area contributed by atoms with Crippen LogP contribution in [0.3, 0.4) is 0 Å².